The molecule has 4 aromatic rings. The largest absolute Gasteiger partial charge is 0.508 e. The predicted octanol–water partition coefficient (Wildman–Crippen LogP) is 5.28. The van der Waals surface area contributed by atoms with Crippen molar-refractivity contribution in [2.24, 2.45) is 0 Å². The van der Waals surface area contributed by atoms with Crippen molar-refractivity contribution in [3.63, 3.8) is 0 Å². The van der Waals surface area contributed by atoms with Crippen LogP contribution in [0.25, 0.3) is 17.1 Å². The van der Waals surface area contributed by atoms with E-state index in [2.05, 4.69) is 9.97 Å². The first-order valence-electron chi connectivity index (χ1n) is 8.42. The van der Waals surface area contributed by atoms with Crippen LogP contribution in [0.4, 0.5) is 0 Å². The minimum Gasteiger partial charge on any atom is -0.508 e. The molecule has 132 valence electrons. The second-order valence-electron chi connectivity index (χ2n) is 5.96. The summed E-state index contributed by atoms with van der Waals surface area (Å²) < 4.78 is 0. The van der Waals surface area contributed by atoms with E-state index in [-0.39, 0.29) is 11.5 Å². The van der Waals surface area contributed by atoms with Crippen molar-refractivity contribution in [1.82, 2.24) is 9.97 Å². The van der Waals surface area contributed by atoms with E-state index in [4.69, 9.17) is 0 Å². The van der Waals surface area contributed by atoms with Crippen molar-refractivity contribution in [3.05, 3.63) is 94.9 Å². The van der Waals surface area contributed by atoms with E-state index in [0.717, 1.165) is 16.6 Å². The Morgan fingerprint density at radius 1 is 0.926 bits per heavy atom. The summed E-state index contributed by atoms with van der Waals surface area (Å²) >= 11 is 1.30. The number of phenolic OH excluding ortho intramolecular Hbond substituents is 1. The zero-order valence-electron chi connectivity index (χ0n) is 14.3. The molecule has 0 aliphatic heterocycles. The highest BCUT2D eigenvalue weighted by molar-refractivity contribution is 8.04. The molecule has 27 heavy (non-hydrogen) atoms. The molecule has 0 amide bonds. The molecule has 0 aliphatic carbocycles. The Morgan fingerprint density at radius 3 is 2.37 bits per heavy atom. The third kappa shape index (κ3) is 3.93. The normalized spacial score (nSPS) is 11.6. The number of aromatic amines is 1. The van der Waals surface area contributed by atoms with Gasteiger partial charge in [0.1, 0.15) is 5.75 Å². The van der Waals surface area contributed by atoms with Crippen LogP contribution in [-0.2, 0) is 0 Å². The molecule has 2 N–H and O–H groups in total. The van der Waals surface area contributed by atoms with E-state index in [0.29, 0.717) is 15.6 Å². The molecule has 1 aromatic heterocycles. The van der Waals surface area contributed by atoms with Crippen molar-refractivity contribution in [2.45, 2.75) is 5.16 Å². The third-order valence-corrected chi connectivity index (χ3v) is 4.93. The Bertz CT molecular complexity index is 1080. The summed E-state index contributed by atoms with van der Waals surface area (Å²) in [6.07, 6.45) is 1.81. The molecular weight excluding hydrogens is 356 g/mol. The number of hydrogen-bond donors (Lipinski definition) is 2. The van der Waals surface area contributed by atoms with Crippen molar-refractivity contribution >= 4 is 34.7 Å². The molecule has 0 radical (unpaired) electrons. The summed E-state index contributed by atoms with van der Waals surface area (Å²) in [5.41, 5.74) is 3.23. The van der Waals surface area contributed by atoms with Gasteiger partial charge in [-0.1, -0.05) is 54.6 Å². The van der Waals surface area contributed by atoms with E-state index in [1.54, 1.807) is 36.4 Å². The van der Waals surface area contributed by atoms with Crippen LogP contribution in [0.1, 0.15) is 15.9 Å². The fraction of sp³-hybridized carbons (Fsp3) is 0. The molecular formula is C22H16N2O2S. The van der Waals surface area contributed by atoms with Crippen LogP contribution in [0.15, 0.2) is 88.9 Å². The molecule has 0 fully saturated rings. The number of nitrogens with one attached hydrogen (secondary N) is 1. The van der Waals surface area contributed by atoms with E-state index in [1.165, 1.54) is 11.8 Å². The number of carbonyl (C=O) groups excluding carboxylic acids is 1. The molecule has 3 aromatic carbocycles. The lowest BCUT2D eigenvalue weighted by Crippen LogP contribution is -2.01. The highest BCUT2D eigenvalue weighted by atomic mass is 32.2. The van der Waals surface area contributed by atoms with Gasteiger partial charge in [0.05, 0.1) is 15.9 Å². The fourth-order valence-electron chi connectivity index (χ4n) is 2.68. The van der Waals surface area contributed by atoms with Gasteiger partial charge in [-0.2, -0.15) is 0 Å². The number of Topliss-reactive ketones (excluding diaryl/α,β-unsaturated/α-hetero) is 1. The number of allylic oxidation sites excluding steroid dienone is 1. The minimum absolute atomic E-state index is 0.0749. The number of H-pyrrole nitrogens is 1. The van der Waals surface area contributed by atoms with Crippen LogP contribution in [0.5, 0.6) is 5.75 Å². The van der Waals surface area contributed by atoms with Crippen molar-refractivity contribution in [3.8, 4) is 5.75 Å². The number of phenols is 1. The van der Waals surface area contributed by atoms with Gasteiger partial charge in [-0.25, -0.2) is 4.98 Å². The Balaban J connectivity index is 1.72. The number of benzene rings is 3. The molecule has 4 nitrogen and oxygen atoms in total. The number of hydrogen-bond acceptors (Lipinski definition) is 4. The quantitative estimate of drug-likeness (QED) is 0.284. The molecule has 4 rings (SSSR count). The topological polar surface area (TPSA) is 66.0 Å². The maximum absolute atomic E-state index is 13.1. The van der Waals surface area contributed by atoms with E-state index in [1.807, 2.05) is 48.5 Å². The average Bonchev–Trinajstić information content (AvgIpc) is 3.11. The molecule has 0 bridgehead atoms. The van der Waals surface area contributed by atoms with Gasteiger partial charge in [0.25, 0.3) is 0 Å². The van der Waals surface area contributed by atoms with Crippen LogP contribution in [0.2, 0.25) is 0 Å². The van der Waals surface area contributed by atoms with Gasteiger partial charge in [-0.15, -0.1) is 0 Å². The summed E-state index contributed by atoms with van der Waals surface area (Å²) in [6.45, 7) is 0. The number of aromatic hydroxyl groups is 1. The maximum atomic E-state index is 13.1. The molecule has 0 saturated heterocycles. The summed E-state index contributed by atoms with van der Waals surface area (Å²) in [7, 11) is 0. The number of nitrogens with zero attached hydrogens (tertiary/aromatic N) is 1. The molecule has 5 heteroatoms. The van der Waals surface area contributed by atoms with E-state index in [9.17, 15) is 9.90 Å². The molecule has 0 saturated carbocycles. The second-order valence-corrected chi connectivity index (χ2v) is 6.99. The summed E-state index contributed by atoms with van der Waals surface area (Å²) in [5.74, 6) is 0.113. The standard InChI is InChI=1S/C22H16N2O2S/c25-17-12-10-15(11-13-17)14-20(21(26)16-6-2-1-3-7-16)27-22-23-18-8-4-5-9-19(18)24-22/h1-14,25H,(H,23,24)/b20-14+. The zero-order chi connectivity index (χ0) is 18.6. The molecule has 0 unspecified atom stereocenters. The second kappa shape index (κ2) is 7.51. The Labute approximate surface area is 160 Å². The van der Waals surface area contributed by atoms with Gasteiger partial charge in [0.2, 0.25) is 0 Å². The van der Waals surface area contributed by atoms with Crippen molar-refractivity contribution in [1.29, 1.82) is 0 Å². The number of ketones is 1. The number of imidazole rings is 1. The molecule has 0 aliphatic rings. The smallest absolute Gasteiger partial charge is 0.199 e. The van der Waals surface area contributed by atoms with Crippen LogP contribution >= 0.6 is 11.8 Å². The van der Waals surface area contributed by atoms with Crippen LogP contribution in [0, 0.1) is 0 Å². The van der Waals surface area contributed by atoms with Gasteiger partial charge in [0, 0.05) is 5.56 Å². The average molecular weight is 372 g/mol. The first kappa shape index (κ1) is 17.1. The molecule has 1 heterocycles. The maximum Gasteiger partial charge on any atom is 0.199 e. The van der Waals surface area contributed by atoms with Crippen LogP contribution < -0.4 is 0 Å². The number of para-hydroxylation sites is 2. The number of carbonyl (C=O) groups is 1. The van der Waals surface area contributed by atoms with Gasteiger partial charge in [-0.3, -0.25) is 4.79 Å². The monoisotopic (exact) mass is 372 g/mol. The Morgan fingerprint density at radius 2 is 1.63 bits per heavy atom. The first-order valence-corrected chi connectivity index (χ1v) is 9.24. The van der Waals surface area contributed by atoms with Gasteiger partial charge >= 0.3 is 0 Å². The van der Waals surface area contributed by atoms with Crippen molar-refractivity contribution < 1.29 is 9.90 Å². The Hall–Kier alpha value is -3.31. The number of rotatable bonds is 5. The number of aromatic nitrogens is 2. The lowest BCUT2D eigenvalue weighted by atomic mass is 10.1. The zero-order valence-corrected chi connectivity index (χ0v) is 15.1. The summed E-state index contributed by atoms with van der Waals surface area (Å²) in [5, 5.41) is 10.1. The van der Waals surface area contributed by atoms with Gasteiger partial charge in [0.15, 0.2) is 10.9 Å². The van der Waals surface area contributed by atoms with Gasteiger partial charge in [-0.05, 0) is 47.7 Å². The summed E-state index contributed by atoms with van der Waals surface area (Å²) in [4.78, 5) is 21.4. The van der Waals surface area contributed by atoms with Crippen LogP contribution in [0.3, 0.4) is 0 Å². The fourth-order valence-corrected chi connectivity index (χ4v) is 3.60. The SMILES string of the molecule is O=C(/C(=C\c1ccc(O)cc1)Sc1nc2ccccc2[nH]1)c1ccccc1. The molecule has 0 spiro atoms. The lowest BCUT2D eigenvalue weighted by molar-refractivity contribution is 0.104. The highest BCUT2D eigenvalue weighted by Gasteiger charge is 2.16. The van der Waals surface area contributed by atoms with Crippen LogP contribution in [-0.4, -0.2) is 20.9 Å². The summed E-state index contributed by atoms with van der Waals surface area (Å²) in [6, 6.07) is 23.7. The number of thioether (sulfide) groups is 1. The first-order chi connectivity index (χ1) is 13.2. The minimum atomic E-state index is -0.0749. The van der Waals surface area contributed by atoms with Crippen molar-refractivity contribution in [2.75, 3.05) is 0 Å². The highest BCUT2D eigenvalue weighted by Crippen LogP contribution is 2.30. The Kier molecular flexibility index (Phi) is 4.77. The number of fused-ring (bicyclic) bond motifs is 1. The predicted molar refractivity (Wildman–Crippen MR) is 109 cm³/mol. The van der Waals surface area contributed by atoms with Gasteiger partial charge < -0.3 is 10.1 Å². The van der Waals surface area contributed by atoms with E-state index < -0.39 is 0 Å². The van der Waals surface area contributed by atoms with E-state index >= 15 is 0 Å². The third-order valence-electron chi connectivity index (χ3n) is 4.02. The lowest BCUT2D eigenvalue weighted by Gasteiger charge is -2.06. The molecule has 0 atom stereocenters.